The Balaban J connectivity index is 1.57. The molecule has 2 aromatic rings. The lowest BCUT2D eigenvalue weighted by molar-refractivity contribution is -0.139. The van der Waals surface area contributed by atoms with E-state index in [0.717, 1.165) is 5.56 Å². The highest BCUT2D eigenvalue weighted by Gasteiger charge is 2.35. The molecule has 8 nitrogen and oxygen atoms in total. The number of hydrogen-bond acceptors (Lipinski definition) is 6. The fourth-order valence-corrected chi connectivity index (χ4v) is 4.88. The van der Waals surface area contributed by atoms with Gasteiger partial charge in [-0.1, -0.05) is 41.9 Å². The quantitative estimate of drug-likeness (QED) is 0.466. The van der Waals surface area contributed by atoms with E-state index in [9.17, 15) is 14.4 Å². The fourth-order valence-electron chi connectivity index (χ4n) is 3.50. The highest BCUT2D eigenvalue weighted by atomic mass is 35.5. The average molecular weight is 492 g/mol. The smallest absolute Gasteiger partial charge is 0.341 e. The molecule has 0 aromatic heterocycles. The molecule has 1 aliphatic rings. The predicted octanol–water partition coefficient (Wildman–Crippen LogP) is 2.28. The molecular formula is C23H26ClN3O5S. The summed E-state index contributed by atoms with van der Waals surface area (Å²) in [5.74, 6) is -0.320. The summed E-state index contributed by atoms with van der Waals surface area (Å²) in [7, 11) is 0. The molecule has 0 spiro atoms. The molecule has 0 saturated carbocycles. The zero-order valence-corrected chi connectivity index (χ0v) is 19.5. The number of ether oxygens (including phenoxy) is 1. The summed E-state index contributed by atoms with van der Waals surface area (Å²) >= 11 is 7.55. The van der Waals surface area contributed by atoms with E-state index >= 15 is 0 Å². The van der Waals surface area contributed by atoms with Crippen LogP contribution in [0.25, 0.3) is 0 Å². The Hall–Kier alpha value is -2.75. The van der Waals surface area contributed by atoms with Crippen LogP contribution in [0.2, 0.25) is 5.02 Å². The van der Waals surface area contributed by atoms with Crippen molar-refractivity contribution in [2.24, 2.45) is 5.73 Å². The number of carboxylic acid groups (broad SMARTS) is 1. The third-order valence-electron chi connectivity index (χ3n) is 5.11. The van der Waals surface area contributed by atoms with Gasteiger partial charge in [0.1, 0.15) is 11.8 Å². The Labute approximate surface area is 201 Å². The predicted molar refractivity (Wildman–Crippen MR) is 127 cm³/mol. The number of rotatable bonds is 10. The lowest BCUT2D eigenvalue weighted by Gasteiger charge is -2.24. The third kappa shape index (κ3) is 7.38. The summed E-state index contributed by atoms with van der Waals surface area (Å²) in [4.78, 5) is 38.1. The molecule has 1 saturated heterocycles. The van der Waals surface area contributed by atoms with Crippen molar-refractivity contribution in [2.75, 3.05) is 18.2 Å². The SMILES string of the molecule is N[C@@H](CC(=O)N1CSC[C@H]1C(=O)NCc1cc(Cl)ccc1OCC(=O)O)Cc1ccccc1. The highest BCUT2D eigenvalue weighted by Crippen LogP contribution is 2.25. The lowest BCUT2D eigenvalue weighted by atomic mass is 10.0. The first kappa shape index (κ1) is 24.9. The van der Waals surface area contributed by atoms with Crippen LogP contribution in [0.15, 0.2) is 48.5 Å². The first-order valence-electron chi connectivity index (χ1n) is 10.4. The molecule has 0 unspecified atom stereocenters. The van der Waals surface area contributed by atoms with Crippen LogP contribution in [0, 0.1) is 0 Å². The van der Waals surface area contributed by atoms with Crippen LogP contribution in [0.1, 0.15) is 17.5 Å². The summed E-state index contributed by atoms with van der Waals surface area (Å²) in [6, 6.07) is 13.5. The van der Waals surface area contributed by atoms with Crippen molar-refractivity contribution in [3.05, 3.63) is 64.7 Å². The number of carbonyl (C=O) groups is 3. The highest BCUT2D eigenvalue weighted by molar-refractivity contribution is 7.99. The number of halogens is 1. The third-order valence-corrected chi connectivity index (χ3v) is 6.36. The summed E-state index contributed by atoms with van der Waals surface area (Å²) in [6.45, 7) is -0.418. The van der Waals surface area contributed by atoms with Crippen molar-refractivity contribution >= 4 is 41.1 Å². The van der Waals surface area contributed by atoms with Gasteiger partial charge in [0.05, 0.1) is 5.88 Å². The fraction of sp³-hybridized carbons (Fsp3) is 0.348. The first-order chi connectivity index (χ1) is 15.8. The van der Waals surface area contributed by atoms with Crippen molar-refractivity contribution in [2.45, 2.75) is 31.5 Å². The van der Waals surface area contributed by atoms with Crippen molar-refractivity contribution in [1.82, 2.24) is 10.2 Å². The number of aliphatic carboxylic acids is 1. The molecule has 1 aliphatic heterocycles. The van der Waals surface area contributed by atoms with Crippen LogP contribution in [-0.2, 0) is 27.3 Å². The minimum absolute atomic E-state index is 0.0884. The van der Waals surface area contributed by atoms with Crippen LogP contribution in [0.3, 0.4) is 0 Å². The number of benzene rings is 2. The van der Waals surface area contributed by atoms with E-state index < -0.39 is 18.6 Å². The number of carbonyl (C=O) groups excluding carboxylic acids is 2. The Bertz CT molecular complexity index is 991. The molecule has 3 rings (SSSR count). The van der Waals surface area contributed by atoms with E-state index in [1.54, 1.807) is 23.1 Å². The van der Waals surface area contributed by atoms with Gasteiger partial charge in [0.2, 0.25) is 11.8 Å². The van der Waals surface area contributed by atoms with Gasteiger partial charge in [0.15, 0.2) is 6.61 Å². The summed E-state index contributed by atoms with van der Waals surface area (Å²) in [5, 5.41) is 12.1. The molecule has 0 radical (unpaired) electrons. The number of amides is 2. The normalized spacial score (nSPS) is 16.3. The van der Waals surface area contributed by atoms with Crippen molar-refractivity contribution in [3.8, 4) is 5.75 Å². The second-order valence-corrected chi connectivity index (χ2v) is 9.12. The Morgan fingerprint density at radius 2 is 2.00 bits per heavy atom. The molecular weight excluding hydrogens is 466 g/mol. The maximum Gasteiger partial charge on any atom is 0.341 e. The zero-order valence-electron chi connectivity index (χ0n) is 17.9. The summed E-state index contributed by atoms with van der Waals surface area (Å²) in [6.07, 6.45) is 0.735. The van der Waals surface area contributed by atoms with Crippen LogP contribution in [-0.4, -0.2) is 58.1 Å². The van der Waals surface area contributed by atoms with Gasteiger partial charge in [-0.3, -0.25) is 9.59 Å². The number of hydrogen-bond donors (Lipinski definition) is 3. The maximum absolute atomic E-state index is 12.9. The molecule has 1 heterocycles. The molecule has 2 aromatic carbocycles. The monoisotopic (exact) mass is 491 g/mol. The van der Waals surface area contributed by atoms with Crippen molar-refractivity contribution < 1.29 is 24.2 Å². The summed E-state index contributed by atoms with van der Waals surface area (Å²) < 4.78 is 5.27. The zero-order chi connectivity index (χ0) is 23.8. The molecule has 0 aliphatic carbocycles. The first-order valence-corrected chi connectivity index (χ1v) is 11.9. The molecule has 1 fully saturated rings. The number of nitrogens with one attached hydrogen (secondary N) is 1. The van der Waals surface area contributed by atoms with Crippen LogP contribution in [0.4, 0.5) is 0 Å². The number of thioether (sulfide) groups is 1. The minimum Gasteiger partial charge on any atom is -0.482 e. The van der Waals surface area contributed by atoms with E-state index in [2.05, 4.69) is 5.32 Å². The van der Waals surface area contributed by atoms with Gasteiger partial charge in [-0.15, -0.1) is 11.8 Å². The molecule has 4 N–H and O–H groups in total. The Morgan fingerprint density at radius 1 is 1.24 bits per heavy atom. The molecule has 2 atom stereocenters. The largest absolute Gasteiger partial charge is 0.482 e. The topological polar surface area (TPSA) is 122 Å². The van der Waals surface area contributed by atoms with E-state index in [1.807, 2.05) is 30.3 Å². The van der Waals surface area contributed by atoms with Crippen LogP contribution < -0.4 is 15.8 Å². The second-order valence-electron chi connectivity index (χ2n) is 7.69. The van der Waals surface area contributed by atoms with Crippen molar-refractivity contribution in [1.29, 1.82) is 0 Å². The van der Waals surface area contributed by atoms with Crippen LogP contribution in [0.5, 0.6) is 5.75 Å². The number of carboxylic acids is 1. The van der Waals surface area contributed by atoms with Crippen molar-refractivity contribution in [3.63, 3.8) is 0 Å². The van der Waals surface area contributed by atoms with Gasteiger partial charge < -0.3 is 25.8 Å². The molecule has 10 heteroatoms. The molecule has 2 amide bonds. The van der Waals surface area contributed by atoms with E-state index in [4.69, 9.17) is 27.2 Å². The molecule has 176 valence electrons. The van der Waals surface area contributed by atoms with E-state index in [-0.39, 0.29) is 30.8 Å². The molecule has 0 bridgehead atoms. The Morgan fingerprint density at radius 3 is 2.73 bits per heavy atom. The van der Waals surface area contributed by atoms with E-state index in [0.29, 0.717) is 34.4 Å². The standard InChI is InChI=1S/C23H26ClN3O5S/c24-17-6-7-20(32-12-22(29)30)16(9-17)11-26-23(31)19-13-33-14-27(19)21(28)10-18(25)8-15-4-2-1-3-5-15/h1-7,9,18-19H,8,10-14,25H2,(H,26,31)(H,29,30)/t18-,19+/m1/s1. The molecule has 33 heavy (non-hydrogen) atoms. The average Bonchev–Trinajstić information content (AvgIpc) is 3.27. The van der Waals surface area contributed by atoms with Gasteiger partial charge in [-0.05, 0) is 30.2 Å². The number of nitrogens with zero attached hydrogens (tertiary/aromatic N) is 1. The minimum atomic E-state index is -1.11. The Kier molecular flexibility index (Phi) is 8.99. The maximum atomic E-state index is 12.9. The van der Waals surface area contributed by atoms with Gasteiger partial charge in [0.25, 0.3) is 0 Å². The second kappa shape index (κ2) is 11.9. The van der Waals surface area contributed by atoms with Gasteiger partial charge in [-0.2, -0.15) is 0 Å². The van der Waals surface area contributed by atoms with Crippen LogP contribution >= 0.6 is 23.4 Å². The summed E-state index contributed by atoms with van der Waals surface area (Å²) in [5.41, 5.74) is 7.80. The lowest BCUT2D eigenvalue weighted by Crippen LogP contribution is -2.48. The van der Waals surface area contributed by atoms with E-state index in [1.165, 1.54) is 11.8 Å². The number of nitrogens with two attached hydrogens (primary N) is 1. The van der Waals surface area contributed by atoms with Gasteiger partial charge >= 0.3 is 5.97 Å². The van der Waals surface area contributed by atoms with Gasteiger partial charge in [0, 0.05) is 35.3 Å². The van der Waals surface area contributed by atoms with Gasteiger partial charge in [-0.25, -0.2) is 4.79 Å².